The van der Waals surface area contributed by atoms with Gasteiger partial charge < -0.3 is 20.5 Å². The fraction of sp³-hybridized carbons (Fsp3) is 0.207. The van der Waals surface area contributed by atoms with Crippen molar-refractivity contribution in [2.45, 2.75) is 32.9 Å². The van der Waals surface area contributed by atoms with Gasteiger partial charge >= 0.3 is 5.69 Å². The van der Waals surface area contributed by atoms with Crippen LogP contribution in [-0.2, 0) is 0 Å². The van der Waals surface area contributed by atoms with Crippen molar-refractivity contribution in [3.63, 3.8) is 0 Å². The maximum atomic E-state index is 15.2. The van der Waals surface area contributed by atoms with Crippen molar-refractivity contribution in [3.05, 3.63) is 99.0 Å². The van der Waals surface area contributed by atoms with E-state index in [0.717, 1.165) is 29.0 Å². The number of fused-ring (bicyclic) bond motifs is 1. The van der Waals surface area contributed by atoms with Gasteiger partial charge in [0.25, 0.3) is 11.5 Å². The largest absolute Gasteiger partial charge is 0.453 e. The molecule has 0 aliphatic rings. The van der Waals surface area contributed by atoms with Crippen LogP contribution in [0.3, 0.4) is 0 Å². The third-order valence-corrected chi connectivity index (χ3v) is 6.49. The lowest BCUT2D eigenvalue weighted by Crippen LogP contribution is -2.42. The molecule has 2 aromatic carbocycles. The summed E-state index contributed by atoms with van der Waals surface area (Å²) in [7, 11) is 0. The van der Waals surface area contributed by atoms with Crippen molar-refractivity contribution in [1.29, 1.82) is 0 Å². The number of carbonyl (C=O) groups is 1. The second kappa shape index (κ2) is 13.1. The molecule has 12 nitrogen and oxygen atoms in total. The van der Waals surface area contributed by atoms with Gasteiger partial charge in [0.2, 0.25) is 0 Å². The normalized spacial score (nSPS) is 11.7. The summed E-state index contributed by atoms with van der Waals surface area (Å²) < 4.78 is 36.5. The molecule has 0 unspecified atom stereocenters. The number of aromatic amines is 1. The number of hydrogen-bond donors (Lipinski definition) is 4. The zero-order valence-electron chi connectivity index (χ0n) is 23.7. The highest BCUT2D eigenvalue weighted by Crippen LogP contribution is 2.34. The summed E-state index contributed by atoms with van der Waals surface area (Å²) in [5.41, 5.74) is -1.53. The molecular weight excluding hydrogens is 600 g/mol. The van der Waals surface area contributed by atoms with Crippen molar-refractivity contribution in [2.75, 3.05) is 17.2 Å². The number of nitrogens with one attached hydrogen (secondary N) is 3. The minimum atomic E-state index is -0.923. The molecule has 0 saturated carbocycles. The topological polar surface area (TPSA) is 156 Å². The summed E-state index contributed by atoms with van der Waals surface area (Å²) in [5.74, 6) is -1.83. The zero-order chi connectivity index (χ0) is 30.8. The standard InChI is InChI=1S/C29H27F2N7O5.ClH/c1-15(2)37-13-20(28(41)38(29(37)42)19-7-4-17(30)5-8-19)27(40)34-18-6-9-22(21(31)12-18)43-23-10-11-32-25-24(23)26(36-35-25)33-16(3)14-39;/h4-13,15-16,39H,14H2,1-3H3,(H,34,40)(H2,32,33,35,36);1H/t16-;/m1./s1. The SMILES string of the molecule is CC(C)n1cc(C(=O)Nc2ccc(Oc3ccnc4[nH]nc(N[C@H](C)CO)c34)c(F)c2)c(=O)n(-c2ccc(F)cc2)c1=O.Cl. The van der Waals surface area contributed by atoms with E-state index in [4.69, 9.17) is 4.74 Å². The monoisotopic (exact) mass is 627 g/mol. The Morgan fingerprint density at radius 2 is 1.80 bits per heavy atom. The van der Waals surface area contributed by atoms with Gasteiger partial charge in [0.05, 0.1) is 12.3 Å². The molecule has 44 heavy (non-hydrogen) atoms. The minimum absolute atomic E-state index is 0. The number of pyridine rings is 1. The number of ether oxygens (including phenoxy) is 1. The van der Waals surface area contributed by atoms with Crippen molar-refractivity contribution in [1.82, 2.24) is 24.3 Å². The lowest BCUT2D eigenvalue weighted by atomic mass is 10.2. The maximum absolute atomic E-state index is 15.2. The van der Waals surface area contributed by atoms with Crippen molar-refractivity contribution < 1.29 is 23.4 Å². The van der Waals surface area contributed by atoms with Gasteiger partial charge in [-0.15, -0.1) is 12.4 Å². The fourth-order valence-corrected chi connectivity index (χ4v) is 4.29. The molecule has 1 atom stereocenters. The Bertz CT molecular complexity index is 1940. The van der Waals surface area contributed by atoms with Gasteiger partial charge in [0.15, 0.2) is 23.0 Å². The van der Waals surface area contributed by atoms with E-state index in [-0.39, 0.29) is 53.5 Å². The van der Waals surface area contributed by atoms with Crippen LogP contribution in [0, 0.1) is 11.6 Å². The molecule has 0 aliphatic carbocycles. The second-order valence-electron chi connectivity index (χ2n) is 9.98. The predicted molar refractivity (Wildman–Crippen MR) is 162 cm³/mol. The lowest BCUT2D eigenvalue weighted by molar-refractivity contribution is 0.102. The summed E-state index contributed by atoms with van der Waals surface area (Å²) >= 11 is 0. The summed E-state index contributed by atoms with van der Waals surface area (Å²) in [5, 5.41) is 22.2. The maximum Gasteiger partial charge on any atom is 0.335 e. The number of H-pyrrole nitrogens is 1. The number of halogens is 3. The molecule has 5 rings (SSSR count). The van der Waals surface area contributed by atoms with E-state index in [1.807, 2.05) is 0 Å². The number of hydrogen-bond acceptors (Lipinski definition) is 8. The van der Waals surface area contributed by atoms with Gasteiger partial charge in [0.1, 0.15) is 22.5 Å². The second-order valence-corrected chi connectivity index (χ2v) is 9.98. The van der Waals surface area contributed by atoms with Crippen LogP contribution in [0.15, 0.2) is 70.5 Å². The quantitative estimate of drug-likeness (QED) is 0.187. The van der Waals surface area contributed by atoms with Crippen LogP contribution >= 0.6 is 12.4 Å². The fourth-order valence-electron chi connectivity index (χ4n) is 4.29. The molecule has 0 bridgehead atoms. The number of amides is 1. The molecule has 0 saturated heterocycles. The van der Waals surface area contributed by atoms with E-state index in [1.165, 1.54) is 41.1 Å². The van der Waals surface area contributed by atoms with Crippen LogP contribution in [0.1, 0.15) is 37.2 Å². The van der Waals surface area contributed by atoms with E-state index in [0.29, 0.717) is 16.9 Å². The van der Waals surface area contributed by atoms with Crippen LogP contribution in [0.25, 0.3) is 16.7 Å². The average molecular weight is 628 g/mol. The smallest absolute Gasteiger partial charge is 0.335 e. The Labute approximate surface area is 254 Å². The van der Waals surface area contributed by atoms with Crippen LogP contribution in [0.4, 0.5) is 20.3 Å². The Hall–Kier alpha value is -5.08. The zero-order valence-corrected chi connectivity index (χ0v) is 24.5. The van der Waals surface area contributed by atoms with Crippen molar-refractivity contribution in [2.24, 2.45) is 0 Å². The molecule has 230 valence electrons. The van der Waals surface area contributed by atoms with E-state index in [9.17, 15) is 23.9 Å². The van der Waals surface area contributed by atoms with Gasteiger partial charge in [-0.1, -0.05) is 0 Å². The molecular formula is C29H28ClF2N7O5. The van der Waals surface area contributed by atoms with Crippen LogP contribution < -0.4 is 26.6 Å². The summed E-state index contributed by atoms with van der Waals surface area (Å²) in [6.45, 7) is 5.00. The van der Waals surface area contributed by atoms with Crippen molar-refractivity contribution in [3.8, 4) is 17.2 Å². The molecule has 0 radical (unpaired) electrons. The van der Waals surface area contributed by atoms with Crippen molar-refractivity contribution >= 4 is 40.9 Å². The first-order chi connectivity index (χ1) is 20.6. The number of benzene rings is 2. The lowest BCUT2D eigenvalue weighted by Gasteiger charge is -2.16. The van der Waals surface area contributed by atoms with E-state index >= 15 is 4.39 Å². The van der Waals surface area contributed by atoms with E-state index in [1.54, 1.807) is 20.8 Å². The highest BCUT2D eigenvalue weighted by molar-refractivity contribution is 6.04. The molecule has 5 aromatic rings. The molecule has 3 heterocycles. The Kier molecular flexibility index (Phi) is 9.45. The first-order valence-electron chi connectivity index (χ1n) is 13.2. The third kappa shape index (κ3) is 6.31. The number of anilines is 2. The summed E-state index contributed by atoms with van der Waals surface area (Å²) in [4.78, 5) is 43.7. The van der Waals surface area contributed by atoms with Gasteiger partial charge in [-0.2, -0.15) is 5.10 Å². The van der Waals surface area contributed by atoms with Gasteiger partial charge in [-0.05, 0) is 57.2 Å². The van der Waals surface area contributed by atoms with Crippen LogP contribution in [0.5, 0.6) is 11.5 Å². The number of carbonyl (C=O) groups excluding carboxylic acids is 1. The molecule has 3 aromatic heterocycles. The molecule has 1 amide bonds. The summed E-state index contributed by atoms with van der Waals surface area (Å²) in [6, 6.07) is 9.18. The van der Waals surface area contributed by atoms with E-state index < -0.39 is 34.8 Å². The van der Waals surface area contributed by atoms with Gasteiger partial charge in [-0.3, -0.25) is 19.3 Å². The first-order valence-corrected chi connectivity index (χ1v) is 13.2. The molecule has 4 N–H and O–H groups in total. The molecule has 15 heteroatoms. The Morgan fingerprint density at radius 3 is 2.45 bits per heavy atom. The third-order valence-electron chi connectivity index (χ3n) is 6.49. The highest BCUT2D eigenvalue weighted by Gasteiger charge is 2.21. The summed E-state index contributed by atoms with van der Waals surface area (Å²) in [6.07, 6.45) is 2.60. The Balaban J connectivity index is 0.00000442. The first kappa shape index (κ1) is 31.8. The van der Waals surface area contributed by atoms with Gasteiger partial charge in [0, 0.05) is 42.3 Å². The van der Waals surface area contributed by atoms with E-state index in [2.05, 4.69) is 25.8 Å². The number of aliphatic hydroxyl groups is 1. The molecule has 0 aliphatic heterocycles. The number of rotatable bonds is 9. The number of nitrogens with zero attached hydrogens (tertiary/aromatic N) is 4. The molecule has 0 fully saturated rings. The number of aliphatic hydroxyl groups excluding tert-OH is 1. The van der Waals surface area contributed by atoms with Crippen LogP contribution in [0.2, 0.25) is 0 Å². The Morgan fingerprint density at radius 1 is 1.07 bits per heavy atom. The van der Waals surface area contributed by atoms with Crippen LogP contribution in [-0.4, -0.2) is 48.0 Å². The minimum Gasteiger partial charge on any atom is -0.453 e. The van der Waals surface area contributed by atoms with Gasteiger partial charge in [-0.25, -0.2) is 23.1 Å². The highest BCUT2D eigenvalue weighted by atomic mass is 35.5. The molecule has 0 spiro atoms. The number of aromatic nitrogens is 5. The predicted octanol–water partition coefficient (Wildman–Crippen LogP) is 4.39. The average Bonchev–Trinajstić information content (AvgIpc) is 3.38.